The Hall–Kier alpha value is -3.72. The molecule has 2 amide bonds. The van der Waals surface area contributed by atoms with Gasteiger partial charge in [-0.2, -0.15) is 0 Å². The SMILES string of the molecule is CCNC(=O)C(Cc1ccccc1)N(Cc1ccccc1F)C(=O)CCCN(c1ccccc1)S(C)(=O)=O. The smallest absolute Gasteiger partial charge is 0.243 e. The normalized spacial score (nSPS) is 12.0. The number of sulfonamides is 1. The summed E-state index contributed by atoms with van der Waals surface area (Å²) in [5, 5.41) is 2.80. The lowest BCUT2D eigenvalue weighted by Gasteiger charge is -2.32. The third kappa shape index (κ3) is 8.14. The fraction of sp³-hybridized carbons (Fsp3) is 0.310. The number of hydrogen-bond donors (Lipinski definition) is 1. The highest BCUT2D eigenvalue weighted by molar-refractivity contribution is 7.92. The molecule has 0 spiro atoms. The lowest BCUT2D eigenvalue weighted by molar-refractivity contribution is -0.141. The molecule has 1 unspecified atom stereocenters. The maximum Gasteiger partial charge on any atom is 0.243 e. The lowest BCUT2D eigenvalue weighted by atomic mass is 10.0. The molecule has 0 saturated heterocycles. The Morgan fingerprint density at radius 1 is 0.921 bits per heavy atom. The van der Waals surface area contributed by atoms with Crippen molar-refractivity contribution in [2.45, 2.75) is 38.8 Å². The van der Waals surface area contributed by atoms with E-state index in [-0.39, 0.29) is 44.2 Å². The average Bonchev–Trinajstić information content (AvgIpc) is 2.90. The summed E-state index contributed by atoms with van der Waals surface area (Å²) in [5.74, 6) is -1.16. The Labute approximate surface area is 224 Å². The zero-order chi connectivity index (χ0) is 27.5. The number of hydrogen-bond acceptors (Lipinski definition) is 4. The maximum atomic E-state index is 14.6. The summed E-state index contributed by atoms with van der Waals surface area (Å²) in [6, 6.07) is 23.3. The molecule has 0 radical (unpaired) electrons. The Bertz CT molecular complexity index is 1300. The average molecular weight is 540 g/mol. The van der Waals surface area contributed by atoms with Crippen molar-refractivity contribution in [3.05, 3.63) is 102 Å². The van der Waals surface area contributed by atoms with Crippen molar-refractivity contribution in [2.24, 2.45) is 0 Å². The van der Waals surface area contributed by atoms with E-state index in [1.807, 2.05) is 30.3 Å². The first-order valence-electron chi connectivity index (χ1n) is 12.6. The van der Waals surface area contributed by atoms with Crippen LogP contribution in [0.5, 0.6) is 0 Å². The first-order valence-corrected chi connectivity index (χ1v) is 14.4. The molecule has 1 N–H and O–H groups in total. The van der Waals surface area contributed by atoms with Gasteiger partial charge in [-0.3, -0.25) is 13.9 Å². The Kier molecular flexibility index (Phi) is 10.4. The Morgan fingerprint density at radius 2 is 1.53 bits per heavy atom. The zero-order valence-electron chi connectivity index (χ0n) is 21.7. The van der Waals surface area contributed by atoms with Gasteiger partial charge in [-0.25, -0.2) is 12.8 Å². The number of anilines is 1. The van der Waals surface area contributed by atoms with Gasteiger partial charge in [-0.15, -0.1) is 0 Å². The number of likely N-dealkylation sites (N-methyl/N-ethyl adjacent to an activating group) is 1. The van der Waals surface area contributed by atoms with Gasteiger partial charge >= 0.3 is 0 Å². The van der Waals surface area contributed by atoms with E-state index in [1.54, 1.807) is 55.5 Å². The van der Waals surface area contributed by atoms with Crippen LogP contribution in [0.25, 0.3) is 0 Å². The summed E-state index contributed by atoms with van der Waals surface area (Å²) in [6.07, 6.45) is 1.59. The minimum Gasteiger partial charge on any atom is -0.355 e. The number of nitrogens with zero attached hydrogens (tertiary/aromatic N) is 2. The number of benzene rings is 3. The second kappa shape index (κ2) is 13.7. The molecule has 3 aromatic carbocycles. The lowest BCUT2D eigenvalue weighted by Crippen LogP contribution is -2.50. The highest BCUT2D eigenvalue weighted by Gasteiger charge is 2.30. The molecule has 7 nitrogen and oxygen atoms in total. The summed E-state index contributed by atoms with van der Waals surface area (Å²) in [6.45, 7) is 2.18. The van der Waals surface area contributed by atoms with E-state index in [0.29, 0.717) is 17.8 Å². The van der Waals surface area contributed by atoms with Crippen LogP contribution in [0.4, 0.5) is 10.1 Å². The van der Waals surface area contributed by atoms with Gasteiger partial charge in [-0.05, 0) is 37.1 Å². The largest absolute Gasteiger partial charge is 0.355 e. The number of rotatable bonds is 13. The van der Waals surface area contributed by atoms with Crippen LogP contribution in [-0.4, -0.2) is 50.5 Å². The third-order valence-corrected chi connectivity index (χ3v) is 7.31. The van der Waals surface area contributed by atoms with Gasteiger partial charge in [0.05, 0.1) is 11.9 Å². The molecular formula is C29H34FN3O4S. The molecule has 0 aromatic heterocycles. The minimum atomic E-state index is -3.57. The Balaban J connectivity index is 1.86. The number of carbonyl (C=O) groups excluding carboxylic acids is 2. The van der Waals surface area contributed by atoms with Crippen LogP contribution in [0.2, 0.25) is 0 Å². The van der Waals surface area contributed by atoms with E-state index < -0.39 is 21.9 Å². The quantitative estimate of drug-likeness (QED) is 0.354. The van der Waals surface area contributed by atoms with E-state index in [2.05, 4.69) is 5.32 Å². The Morgan fingerprint density at radius 3 is 2.13 bits per heavy atom. The van der Waals surface area contributed by atoms with Crippen molar-refractivity contribution < 1.29 is 22.4 Å². The summed E-state index contributed by atoms with van der Waals surface area (Å²) in [5.41, 5.74) is 1.67. The highest BCUT2D eigenvalue weighted by Crippen LogP contribution is 2.20. The standard InChI is InChI=1S/C29H34FN3O4S/c1-3-31-29(35)27(21-23-13-6-4-7-14-23)32(22-24-15-10-11-18-26(24)30)28(34)19-12-20-33(38(2,36)37)25-16-8-5-9-17-25/h4-11,13-18,27H,3,12,19-22H2,1-2H3,(H,31,35). The molecule has 0 aliphatic heterocycles. The fourth-order valence-corrected chi connectivity index (χ4v) is 5.22. The van der Waals surface area contributed by atoms with E-state index in [0.717, 1.165) is 11.8 Å². The monoisotopic (exact) mass is 539 g/mol. The first-order chi connectivity index (χ1) is 18.2. The molecule has 0 heterocycles. The van der Waals surface area contributed by atoms with Gasteiger partial charge in [-0.1, -0.05) is 66.7 Å². The summed E-state index contributed by atoms with van der Waals surface area (Å²) in [4.78, 5) is 28.2. The number of halogens is 1. The van der Waals surface area contributed by atoms with Gasteiger partial charge in [0.2, 0.25) is 21.8 Å². The topological polar surface area (TPSA) is 86.8 Å². The van der Waals surface area contributed by atoms with Gasteiger partial charge in [0.15, 0.2) is 0 Å². The second-order valence-corrected chi connectivity index (χ2v) is 10.9. The van der Waals surface area contributed by atoms with E-state index >= 15 is 0 Å². The molecule has 0 saturated carbocycles. The molecule has 0 aliphatic carbocycles. The molecule has 0 fully saturated rings. The number of para-hydroxylation sites is 1. The van der Waals surface area contributed by atoms with Crippen molar-refractivity contribution >= 4 is 27.5 Å². The van der Waals surface area contributed by atoms with Crippen molar-refractivity contribution in [2.75, 3.05) is 23.7 Å². The molecule has 202 valence electrons. The second-order valence-electron chi connectivity index (χ2n) is 8.99. The van der Waals surface area contributed by atoms with Gasteiger partial charge < -0.3 is 10.2 Å². The predicted octanol–water partition coefficient (Wildman–Crippen LogP) is 4.15. The molecular weight excluding hydrogens is 505 g/mol. The van der Waals surface area contributed by atoms with Crippen LogP contribution in [0, 0.1) is 5.82 Å². The molecule has 0 aliphatic rings. The highest BCUT2D eigenvalue weighted by atomic mass is 32.2. The van der Waals surface area contributed by atoms with Crippen molar-refractivity contribution in [1.29, 1.82) is 0 Å². The minimum absolute atomic E-state index is 0.0159. The van der Waals surface area contributed by atoms with Crippen LogP contribution in [-0.2, 0) is 32.6 Å². The molecule has 9 heteroatoms. The molecule has 3 rings (SSSR count). The van der Waals surface area contributed by atoms with Crippen molar-refractivity contribution in [3.63, 3.8) is 0 Å². The predicted molar refractivity (Wildman–Crippen MR) is 147 cm³/mol. The first kappa shape index (κ1) is 28.8. The van der Waals surface area contributed by atoms with Crippen LogP contribution >= 0.6 is 0 Å². The third-order valence-electron chi connectivity index (χ3n) is 6.12. The van der Waals surface area contributed by atoms with Gasteiger partial charge in [0, 0.05) is 38.0 Å². The van der Waals surface area contributed by atoms with Crippen molar-refractivity contribution in [3.8, 4) is 0 Å². The summed E-state index contributed by atoms with van der Waals surface area (Å²) < 4.78 is 40.7. The van der Waals surface area contributed by atoms with Crippen molar-refractivity contribution in [1.82, 2.24) is 10.2 Å². The number of nitrogens with one attached hydrogen (secondary N) is 1. The zero-order valence-corrected chi connectivity index (χ0v) is 22.5. The van der Waals surface area contributed by atoms with E-state index in [1.165, 1.54) is 15.3 Å². The summed E-state index contributed by atoms with van der Waals surface area (Å²) in [7, 11) is -3.57. The molecule has 0 bridgehead atoms. The molecule has 3 aromatic rings. The maximum absolute atomic E-state index is 14.6. The van der Waals surface area contributed by atoms with Gasteiger partial charge in [0.25, 0.3) is 0 Å². The van der Waals surface area contributed by atoms with E-state index in [9.17, 15) is 22.4 Å². The van der Waals surface area contributed by atoms with Crippen LogP contribution in [0.15, 0.2) is 84.9 Å². The van der Waals surface area contributed by atoms with E-state index in [4.69, 9.17) is 0 Å². The number of amides is 2. The summed E-state index contributed by atoms with van der Waals surface area (Å²) >= 11 is 0. The van der Waals surface area contributed by atoms with Crippen LogP contribution in [0.1, 0.15) is 30.9 Å². The van der Waals surface area contributed by atoms with Crippen LogP contribution < -0.4 is 9.62 Å². The number of carbonyl (C=O) groups is 2. The molecule has 38 heavy (non-hydrogen) atoms. The van der Waals surface area contributed by atoms with Gasteiger partial charge in [0.1, 0.15) is 11.9 Å². The fourth-order valence-electron chi connectivity index (χ4n) is 4.25. The van der Waals surface area contributed by atoms with Crippen LogP contribution in [0.3, 0.4) is 0 Å². The molecule has 1 atom stereocenters.